The van der Waals surface area contributed by atoms with E-state index in [0.29, 0.717) is 6.61 Å². The number of benzene rings is 1. The van der Waals surface area contributed by atoms with E-state index in [1.165, 1.54) is 0 Å². The normalized spacial score (nSPS) is 18.1. The van der Waals surface area contributed by atoms with Crippen molar-refractivity contribution in [3.8, 4) is 5.75 Å². The van der Waals surface area contributed by atoms with Crippen LogP contribution >= 0.6 is 0 Å². The number of nitrogens with zero attached hydrogens (tertiary/aromatic N) is 1. The molecule has 4 heteroatoms. The maximum atomic E-state index is 9.06. The van der Waals surface area contributed by atoms with Gasteiger partial charge in [0.25, 0.3) is 0 Å². The van der Waals surface area contributed by atoms with E-state index in [9.17, 15) is 0 Å². The molecule has 0 bridgehead atoms. The number of hydrogen-bond acceptors (Lipinski definition) is 4. The van der Waals surface area contributed by atoms with Crippen molar-refractivity contribution in [2.45, 2.75) is 38.7 Å². The largest absolute Gasteiger partial charge is 0.490 e. The van der Waals surface area contributed by atoms with Crippen molar-refractivity contribution < 1.29 is 14.7 Å². The molecule has 19 heavy (non-hydrogen) atoms. The number of rotatable bonds is 5. The molecule has 0 aliphatic heterocycles. The fraction of sp³-hybridized carbons (Fsp3) is 0.533. The molecule has 0 spiro atoms. The van der Waals surface area contributed by atoms with Crippen molar-refractivity contribution in [1.82, 2.24) is 0 Å². The minimum absolute atomic E-state index is 0.114. The average Bonchev–Trinajstić information content (AvgIpc) is 2.45. The molecule has 1 aromatic carbocycles. The van der Waals surface area contributed by atoms with Crippen LogP contribution in [0.5, 0.6) is 5.75 Å². The second kappa shape index (κ2) is 6.57. The van der Waals surface area contributed by atoms with E-state index in [1.807, 2.05) is 25.1 Å². The summed E-state index contributed by atoms with van der Waals surface area (Å²) in [6.07, 6.45) is 3.77. The van der Waals surface area contributed by atoms with Gasteiger partial charge in [0.15, 0.2) is 0 Å². The fourth-order valence-corrected chi connectivity index (χ4v) is 2.43. The standard InChI is InChI=1S/C15H21NO3/c1-11(9-10-18-2)19-15-8-4-5-12-13(15)6-3-7-14(12)16-17/h4-5,8,11,17H,3,6-7,9-10H2,1-2H3/b16-14+. The topological polar surface area (TPSA) is 51.0 Å². The zero-order valence-electron chi connectivity index (χ0n) is 11.6. The third kappa shape index (κ3) is 3.26. The Morgan fingerprint density at radius 3 is 2.95 bits per heavy atom. The van der Waals surface area contributed by atoms with Gasteiger partial charge in [-0.25, -0.2) is 0 Å². The highest BCUT2D eigenvalue weighted by molar-refractivity contribution is 6.02. The summed E-state index contributed by atoms with van der Waals surface area (Å²) in [6, 6.07) is 5.94. The predicted molar refractivity (Wildman–Crippen MR) is 74.3 cm³/mol. The Morgan fingerprint density at radius 1 is 1.37 bits per heavy atom. The van der Waals surface area contributed by atoms with E-state index >= 15 is 0 Å². The summed E-state index contributed by atoms with van der Waals surface area (Å²) < 4.78 is 11.1. The Bertz CT molecular complexity index is 457. The van der Waals surface area contributed by atoms with Crippen LogP contribution in [0.15, 0.2) is 23.4 Å². The first-order chi connectivity index (χ1) is 9.26. The fourth-order valence-electron chi connectivity index (χ4n) is 2.43. The van der Waals surface area contributed by atoms with E-state index in [1.54, 1.807) is 7.11 Å². The summed E-state index contributed by atoms with van der Waals surface area (Å²) in [6.45, 7) is 2.74. The van der Waals surface area contributed by atoms with Crippen molar-refractivity contribution >= 4 is 5.71 Å². The molecule has 0 radical (unpaired) electrons. The number of fused-ring (bicyclic) bond motifs is 1. The number of methoxy groups -OCH3 is 1. The number of hydrogen-bond donors (Lipinski definition) is 1. The van der Waals surface area contributed by atoms with Crippen molar-refractivity contribution in [1.29, 1.82) is 0 Å². The Kier molecular flexibility index (Phi) is 4.80. The Balaban J connectivity index is 2.18. The zero-order chi connectivity index (χ0) is 13.7. The lowest BCUT2D eigenvalue weighted by atomic mass is 9.89. The van der Waals surface area contributed by atoms with Gasteiger partial charge in [0.2, 0.25) is 0 Å². The summed E-state index contributed by atoms with van der Waals surface area (Å²) in [5.41, 5.74) is 2.94. The molecule has 0 saturated carbocycles. The molecule has 1 aromatic rings. The monoisotopic (exact) mass is 263 g/mol. The van der Waals surface area contributed by atoms with E-state index < -0.39 is 0 Å². The summed E-state index contributed by atoms with van der Waals surface area (Å²) in [5.74, 6) is 0.905. The summed E-state index contributed by atoms with van der Waals surface area (Å²) in [4.78, 5) is 0. The lowest BCUT2D eigenvalue weighted by Crippen LogP contribution is -2.18. The molecular weight excluding hydrogens is 242 g/mol. The summed E-state index contributed by atoms with van der Waals surface area (Å²) in [7, 11) is 1.70. The van der Waals surface area contributed by atoms with E-state index in [2.05, 4.69) is 5.16 Å². The third-order valence-electron chi connectivity index (χ3n) is 3.46. The molecule has 2 rings (SSSR count). The lowest BCUT2D eigenvalue weighted by molar-refractivity contribution is 0.134. The van der Waals surface area contributed by atoms with Gasteiger partial charge in [0.05, 0.1) is 11.8 Å². The maximum Gasteiger partial charge on any atom is 0.123 e. The molecule has 0 saturated heterocycles. The summed E-state index contributed by atoms with van der Waals surface area (Å²) in [5, 5.41) is 12.5. The van der Waals surface area contributed by atoms with E-state index in [4.69, 9.17) is 14.7 Å². The molecule has 0 heterocycles. The van der Waals surface area contributed by atoms with Gasteiger partial charge in [-0.2, -0.15) is 0 Å². The number of oxime groups is 1. The molecule has 1 aliphatic rings. The summed E-state index contributed by atoms with van der Waals surface area (Å²) >= 11 is 0. The highest BCUT2D eigenvalue weighted by atomic mass is 16.5. The van der Waals surface area contributed by atoms with Gasteiger partial charge in [-0.05, 0) is 32.3 Å². The van der Waals surface area contributed by atoms with Crippen LogP contribution in [0.2, 0.25) is 0 Å². The molecule has 1 aliphatic carbocycles. The molecule has 1 unspecified atom stereocenters. The highest BCUT2D eigenvalue weighted by Crippen LogP contribution is 2.30. The Labute approximate surface area is 114 Å². The van der Waals surface area contributed by atoms with E-state index in [0.717, 1.165) is 48.3 Å². The van der Waals surface area contributed by atoms with Gasteiger partial charge in [0, 0.05) is 31.3 Å². The minimum atomic E-state index is 0.114. The van der Waals surface area contributed by atoms with Crippen LogP contribution in [0.25, 0.3) is 0 Å². The van der Waals surface area contributed by atoms with Crippen LogP contribution in [0.3, 0.4) is 0 Å². The van der Waals surface area contributed by atoms with Crippen LogP contribution in [0.4, 0.5) is 0 Å². The van der Waals surface area contributed by atoms with Crippen molar-refractivity contribution in [3.63, 3.8) is 0 Å². The smallest absolute Gasteiger partial charge is 0.123 e. The van der Waals surface area contributed by atoms with Gasteiger partial charge < -0.3 is 14.7 Å². The van der Waals surface area contributed by atoms with Crippen LogP contribution in [-0.2, 0) is 11.2 Å². The van der Waals surface area contributed by atoms with Gasteiger partial charge in [-0.15, -0.1) is 0 Å². The van der Waals surface area contributed by atoms with Crippen molar-refractivity contribution in [2.75, 3.05) is 13.7 Å². The molecule has 104 valence electrons. The minimum Gasteiger partial charge on any atom is -0.490 e. The second-order valence-electron chi connectivity index (χ2n) is 4.89. The molecule has 4 nitrogen and oxygen atoms in total. The molecule has 1 N–H and O–H groups in total. The third-order valence-corrected chi connectivity index (χ3v) is 3.46. The SMILES string of the molecule is COCCC(C)Oc1cccc2c1CCC/C2=N\O. The Morgan fingerprint density at radius 2 is 2.21 bits per heavy atom. The first-order valence-corrected chi connectivity index (χ1v) is 6.75. The average molecular weight is 263 g/mol. The predicted octanol–water partition coefficient (Wildman–Crippen LogP) is 3.01. The first-order valence-electron chi connectivity index (χ1n) is 6.75. The van der Waals surface area contributed by atoms with Gasteiger partial charge >= 0.3 is 0 Å². The maximum absolute atomic E-state index is 9.06. The highest BCUT2D eigenvalue weighted by Gasteiger charge is 2.20. The molecular formula is C15H21NO3. The number of ether oxygens (including phenoxy) is 2. The van der Waals surface area contributed by atoms with Crippen molar-refractivity contribution in [2.24, 2.45) is 5.16 Å². The van der Waals surface area contributed by atoms with Crippen molar-refractivity contribution in [3.05, 3.63) is 29.3 Å². The Hall–Kier alpha value is -1.55. The quantitative estimate of drug-likeness (QED) is 0.656. The zero-order valence-corrected chi connectivity index (χ0v) is 11.6. The van der Waals surface area contributed by atoms with Crippen LogP contribution in [-0.4, -0.2) is 30.7 Å². The van der Waals surface area contributed by atoms with Gasteiger partial charge in [-0.3, -0.25) is 0 Å². The second-order valence-corrected chi connectivity index (χ2v) is 4.89. The van der Waals surface area contributed by atoms with Gasteiger partial charge in [0.1, 0.15) is 5.75 Å². The molecule has 1 atom stereocenters. The molecule has 0 amide bonds. The van der Waals surface area contributed by atoms with Crippen LogP contribution in [0.1, 0.15) is 37.3 Å². The van der Waals surface area contributed by atoms with E-state index in [-0.39, 0.29) is 6.10 Å². The van der Waals surface area contributed by atoms with Crippen LogP contribution < -0.4 is 4.74 Å². The van der Waals surface area contributed by atoms with Crippen LogP contribution in [0, 0.1) is 0 Å². The molecule has 0 fully saturated rings. The van der Waals surface area contributed by atoms with Gasteiger partial charge in [-0.1, -0.05) is 17.3 Å². The lowest BCUT2D eigenvalue weighted by Gasteiger charge is -2.22. The first kappa shape index (κ1) is 13.9. The molecule has 0 aromatic heterocycles.